The van der Waals surface area contributed by atoms with Gasteiger partial charge in [-0.3, -0.25) is 9.52 Å². The molecule has 1 saturated heterocycles. The molecule has 0 spiro atoms. The van der Waals surface area contributed by atoms with Crippen molar-refractivity contribution in [3.8, 4) is 0 Å². The van der Waals surface area contributed by atoms with Crippen LogP contribution in [0.5, 0.6) is 0 Å². The monoisotopic (exact) mass is 457 g/mol. The van der Waals surface area contributed by atoms with E-state index in [-0.39, 0.29) is 11.9 Å². The van der Waals surface area contributed by atoms with Crippen molar-refractivity contribution in [3.63, 3.8) is 0 Å². The molecule has 174 valence electrons. The molecular weight excluding hydrogens is 422 g/mol. The zero-order valence-electron chi connectivity index (χ0n) is 19.1. The van der Waals surface area contributed by atoms with Crippen LogP contribution in [0, 0.1) is 6.92 Å². The lowest BCUT2D eigenvalue weighted by Crippen LogP contribution is -2.36. The molecule has 3 rings (SSSR count). The van der Waals surface area contributed by atoms with E-state index < -0.39 is 10.0 Å². The second-order valence-electron chi connectivity index (χ2n) is 8.77. The van der Waals surface area contributed by atoms with E-state index in [9.17, 15) is 13.2 Å². The Morgan fingerprint density at radius 2 is 1.78 bits per heavy atom. The van der Waals surface area contributed by atoms with Gasteiger partial charge in [-0.05, 0) is 74.9 Å². The lowest BCUT2D eigenvalue weighted by molar-refractivity contribution is -0.122. The minimum atomic E-state index is -3.30. The van der Waals surface area contributed by atoms with Crippen LogP contribution in [0.1, 0.15) is 54.8 Å². The standard InChI is InChI=1S/C25H35N3O3S/c1-20-14-15-21(18-23(20)27-32(2,30)31)10-6-7-13-25(29)26-24(19-28-16-8-9-17-28)22-11-4-3-5-12-22/h3-5,11-12,14-15,18,24,27H,6-10,13,16-17,19H2,1-2H3,(H,26,29). The fourth-order valence-corrected chi connectivity index (χ4v) is 4.78. The van der Waals surface area contributed by atoms with Crippen LogP contribution in [0.25, 0.3) is 0 Å². The maximum atomic E-state index is 12.7. The van der Waals surface area contributed by atoms with Gasteiger partial charge in [0.15, 0.2) is 0 Å². The number of carbonyl (C=O) groups excluding carboxylic acids is 1. The third-order valence-electron chi connectivity index (χ3n) is 5.89. The molecular formula is C25H35N3O3S. The molecule has 0 radical (unpaired) electrons. The highest BCUT2D eigenvalue weighted by molar-refractivity contribution is 7.92. The van der Waals surface area contributed by atoms with Crippen molar-refractivity contribution in [3.05, 3.63) is 65.2 Å². The zero-order chi connectivity index (χ0) is 23.0. The van der Waals surface area contributed by atoms with E-state index in [1.807, 2.05) is 43.3 Å². The second kappa shape index (κ2) is 11.5. The summed E-state index contributed by atoms with van der Waals surface area (Å²) in [5, 5.41) is 3.24. The molecule has 0 aliphatic carbocycles. The van der Waals surface area contributed by atoms with Gasteiger partial charge >= 0.3 is 0 Å². The number of nitrogens with zero attached hydrogens (tertiary/aromatic N) is 1. The van der Waals surface area contributed by atoms with E-state index in [0.29, 0.717) is 12.1 Å². The van der Waals surface area contributed by atoms with Crippen molar-refractivity contribution in [1.29, 1.82) is 0 Å². The maximum Gasteiger partial charge on any atom is 0.229 e. The predicted octanol–water partition coefficient (Wildman–Crippen LogP) is 4.03. The fourth-order valence-electron chi connectivity index (χ4n) is 4.16. The van der Waals surface area contributed by atoms with Gasteiger partial charge in [0, 0.05) is 13.0 Å². The van der Waals surface area contributed by atoms with E-state index in [0.717, 1.165) is 61.8 Å². The number of likely N-dealkylation sites (tertiary alicyclic amines) is 1. The Bertz CT molecular complexity index is 987. The Morgan fingerprint density at radius 3 is 2.47 bits per heavy atom. The molecule has 6 nitrogen and oxygen atoms in total. The molecule has 1 unspecified atom stereocenters. The second-order valence-corrected chi connectivity index (χ2v) is 10.5. The van der Waals surface area contributed by atoms with Gasteiger partial charge in [-0.1, -0.05) is 42.5 Å². The van der Waals surface area contributed by atoms with Crippen molar-refractivity contribution in [1.82, 2.24) is 10.2 Å². The van der Waals surface area contributed by atoms with E-state index in [2.05, 4.69) is 27.1 Å². The predicted molar refractivity (Wildman–Crippen MR) is 130 cm³/mol. The van der Waals surface area contributed by atoms with Gasteiger partial charge in [0.2, 0.25) is 15.9 Å². The first kappa shape index (κ1) is 24.3. The van der Waals surface area contributed by atoms with Crippen LogP contribution < -0.4 is 10.0 Å². The van der Waals surface area contributed by atoms with E-state index in [1.54, 1.807) is 0 Å². The van der Waals surface area contributed by atoms with Crippen LogP contribution >= 0.6 is 0 Å². The van der Waals surface area contributed by atoms with Crippen molar-refractivity contribution in [2.75, 3.05) is 30.6 Å². The van der Waals surface area contributed by atoms with E-state index >= 15 is 0 Å². The molecule has 2 aromatic rings. The molecule has 1 aliphatic rings. The largest absolute Gasteiger partial charge is 0.348 e. The normalized spacial score (nSPS) is 15.4. The molecule has 1 aliphatic heterocycles. The van der Waals surface area contributed by atoms with Crippen molar-refractivity contribution in [2.24, 2.45) is 0 Å². The molecule has 0 saturated carbocycles. The highest BCUT2D eigenvalue weighted by atomic mass is 32.2. The Morgan fingerprint density at radius 1 is 1.06 bits per heavy atom. The topological polar surface area (TPSA) is 78.5 Å². The van der Waals surface area contributed by atoms with Gasteiger partial charge in [-0.15, -0.1) is 0 Å². The smallest absolute Gasteiger partial charge is 0.229 e. The molecule has 2 N–H and O–H groups in total. The van der Waals surface area contributed by atoms with Crippen LogP contribution in [0.2, 0.25) is 0 Å². The first-order chi connectivity index (χ1) is 15.3. The Labute approximate surface area is 192 Å². The van der Waals surface area contributed by atoms with Crippen molar-refractivity contribution >= 4 is 21.6 Å². The molecule has 0 bridgehead atoms. The molecule has 1 fully saturated rings. The van der Waals surface area contributed by atoms with Crippen LogP contribution in [-0.4, -0.2) is 45.1 Å². The Kier molecular flexibility index (Phi) is 8.70. The van der Waals surface area contributed by atoms with Gasteiger partial charge in [0.05, 0.1) is 18.0 Å². The number of benzene rings is 2. The Balaban J connectivity index is 1.48. The number of sulfonamides is 1. The lowest BCUT2D eigenvalue weighted by atomic mass is 10.0. The third-order valence-corrected chi connectivity index (χ3v) is 6.48. The van der Waals surface area contributed by atoms with E-state index in [1.165, 1.54) is 12.8 Å². The van der Waals surface area contributed by atoms with Crippen molar-refractivity contribution < 1.29 is 13.2 Å². The average molecular weight is 458 g/mol. The summed E-state index contributed by atoms with van der Waals surface area (Å²) in [5.41, 5.74) is 3.73. The van der Waals surface area contributed by atoms with Gasteiger partial charge in [-0.25, -0.2) is 8.42 Å². The van der Waals surface area contributed by atoms with Crippen LogP contribution in [0.3, 0.4) is 0 Å². The van der Waals surface area contributed by atoms with Gasteiger partial charge in [0.25, 0.3) is 0 Å². The number of rotatable bonds is 11. The number of carbonyl (C=O) groups is 1. The summed E-state index contributed by atoms with van der Waals surface area (Å²) in [6.07, 6.45) is 6.58. The third kappa shape index (κ3) is 7.95. The number of anilines is 1. The van der Waals surface area contributed by atoms with Gasteiger partial charge < -0.3 is 10.2 Å². The first-order valence-corrected chi connectivity index (χ1v) is 13.3. The van der Waals surface area contributed by atoms with Gasteiger partial charge in [0.1, 0.15) is 0 Å². The lowest BCUT2D eigenvalue weighted by Gasteiger charge is -2.25. The number of amides is 1. The Hall–Kier alpha value is -2.38. The van der Waals surface area contributed by atoms with Crippen LogP contribution in [0.4, 0.5) is 5.69 Å². The zero-order valence-corrected chi connectivity index (χ0v) is 20.0. The molecule has 1 heterocycles. The number of nitrogens with one attached hydrogen (secondary N) is 2. The summed E-state index contributed by atoms with van der Waals surface area (Å²) in [6.45, 7) is 4.94. The average Bonchev–Trinajstić information content (AvgIpc) is 3.26. The molecule has 1 amide bonds. The number of unbranched alkanes of at least 4 members (excludes halogenated alkanes) is 1. The quantitative estimate of drug-likeness (QED) is 0.499. The number of hydrogen-bond donors (Lipinski definition) is 2. The highest BCUT2D eigenvalue weighted by Crippen LogP contribution is 2.20. The first-order valence-electron chi connectivity index (χ1n) is 11.4. The van der Waals surface area contributed by atoms with Crippen LogP contribution in [0.15, 0.2) is 48.5 Å². The summed E-state index contributed by atoms with van der Waals surface area (Å²) in [5.74, 6) is 0.0846. The summed E-state index contributed by atoms with van der Waals surface area (Å²) in [7, 11) is -3.30. The number of aryl methyl sites for hydroxylation is 2. The summed E-state index contributed by atoms with van der Waals surface area (Å²) in [6, 6.07) is 16.1. The fraction of sp³-hybridized carbons (Fsp3) is 0.480. The highest BCUT2D eigenvalue weighted by Gasteiger charge is 2.20. The minimum Gasteiger partial charge on any atom is -0.348 e. The summed E-state index contributed by atoms with van der Waals surface area (Å²) in [4.78, 5) is 15.1. The molecule has 0 aromatic heterocycles. The van der Waals surface area contributed by atoms with E-state index in [4.69, 9.17) is 0 Å². The summed E-state index contributed by atoms with van der Waals surface area (Å²) >= 11 is 0. The van der Waals surface area contributed by atoms with Gasteiger partial charge in [-0.2, -0.15) is 0 Å². The molecule has 2 aromatic carbocycles. The van der Waals surface area contributed by atoms with Crippen LogP contribution in [-0.2, 0) is 21.2 Å². The molecule has 1 atom stereocenters. The molecule has 7 heteroatoms. The van der Waals surface area contributed by atoms with Crippen molar-refractivity contribution in [2.45, 2.75) is 51.5 Å². The maximum absolute atomic E-state index is 12.7. The minimum absolute atomic E-state index is 0.0172. The molecule has 32 heavy (non-hydrogen) atoms. The SMILES string of the molecule is Cc1ccc(CCCCC(=O)NC(CN2CCCC2)c2ccccc2)cc1NS(C)(=O)=O. The number of hydrogen-bond acceptors (Lipinski definition) is 4. The summed E-state index contributed by atoms with van der Waals surface area (Å²) < 4.78 is 25.6.